The Morgan fingerprint density at radius 3 is 2.58 bits per heavy atom. The maximum absolute atomic E-state index is 11.9. The van der Waals surface area contributed by atoms with E-state index in [2.05, 4.69) is 10.5 Å². The molecule has 0 spiro atoms. The highest BCUT2D eigenvalue weighted by atomic mass is 16.6. The summed E-state index contributed by atoms with van der Waals surface area (Å²) in [6.45, 7) is 1.85. The van der Waals surface area contributed by atoms with Crippen LogP contribution in [0.1, 0.15) is 28.4 Å². The summed E-state index contributed by atoms with van der Waals surface area (Å²) in [5, 5.41) is 14.9. The Morgan fingerprint density at radius 2 is 2.00 bits per heavy atom. The fraction of sp³-hybridized carbons (Fsp3) is 0.176. The molecule has 24 heavy (non-hydrogen) atoms. The molecule has 2 rings (SSSR count). The minimum atomic E-state index is -0.424. The summed E-state index contributed by atoms with van der Waals surface area (Å²) < 4.78 is 5.02. The van der Waals surface area contributed by atoms with E-state index in [0.29, 0.717) is 28.9 Å². The molecule has 0 aromatic heterocycles. The Balaban J connectivity index is 2.06. The number of nitro groups is 1. The number of ether oxygens (including phenoxy) is 1. The van der Waals surface area contributed by atoms with Crippen molar-refractivity contribution in [2.75, 3.05) is 7.11 Å². The van der Waals surface area contributed by atoms with Gasteiger partial charge in [-0.1, -0.05) is 19.1 Å². The largest absolute Gasteiger partial charge is 0.497 e. The highest BCUT2D eigenvalue weighted by molar-refractivity contribution is 5.95. The van der Waals surface area contributed by atoms with Gasteiger partial charge in [0.2, 0.25) is 0 Å². The van der Waals surface area contributed by atoms with E-state index in [-0.39, 0.29) is 11.6 Å². The van der Waals surface area contributed by atoms with Gasteiger partial charge < -0.3 is 4.74 Å². The monoisotopic (exact) mass is 327 g/mol. The van der Waals surface area contributed by atoms with Gasteiger partial charge in [-0.2, -0.15) is 5.10 Å². The number of nitrogens with one attached hydrogen (secondary N) is 1. The highest BCUT2D eigenvalue weighted by Gasteiger charge is 2.12. The van der Waals surface area contributed by atoms with Crippen molar-refractivity contribution in [1.82, 2.24) is 5.43 Å². The zero-order valence-corrected chi connectivity index (χ0v) is 13.4. The molecule has 0 bridgehead atoms. The molecule has 124 valence electrons. The average molecular weight is 327 g/mol. The van der Waals surface area contributed by atoms with E-state index in [1.54, 1.807) is 43.5 Å². The number of hydrogen-bond donors (Lipinski definition) is 1. The lowest BCUT2D eigenvalue weighted by molar-refractivity contribution is -0.385. The lowest BCUT2D eigenvalue weighted by Gasteiger charge is -2.03. The quantitative estimate of drug-likeness (QED) is 0.501. The minimum Gasteiger partial charge on any atom is -0.497 e. The minimum absolute atomic E-state index is 0.0444. The molecule has 0 aliphatic rings. The van der Waals surface area contributed by atoms with Gasteiger partial charge in [0.1, 0.15) is 5.75 Å². The van der Waals surface area contributed by atoms with E-state index in [9.17, 15) is 14.9 Å². The number of rotatable bonds is 6. The SMILES string of the molecule is CCc1ccc(/C=N\NC(=O)c2ccc(OC)cc2)cc1[N+](=O)[O-]. The summed E-state index contributed by atoms with van der Waals surface area (Å²) in [7, 11) is 1.54. The van der Waals surface area contributed by atoms with E-state index < -0.39 is 4.92 Å². The van der Waals surface area contributed by atoms with E-state index in [0.717, 1.165) is 0 Å². The maximum Gasteiger partial charge on any atom is 0.273 e. The second-order valence-electron chi connectivity index (χ2n) is 4.93. The summed E-state index contributed by atoms with van der Waals surface area (Å²) in [5.41, 5.74) is 4.05. The van der Waals surface area contributed by atoms with Crippen LogP contribution >= 0.6 is 0 Å². The van der Waals surface area contributed by atoms with Crippen LogP contribution in [0.25, 0.3) is 0 Å². The number of nitro benzene ring substituents is 1. The highest BCUT2D eigenvalue weighted by Crippen LogP contribution is 2.20. The third-order valence-electron chi connectivity index (χ3n) is 3.42. The van der Waals surface area contributed by atoms with Crippen molar-refractivity contribution in [2.24, 2.45) is 5.10 Å². The molecule has 7 heteroatoms. The summed E-state index contributed by atoms with van der Waals surface area (Å²) in [6, 6.07) is 11.4. The predicted molar refractivity (Wildman–Crippen MR) is 90.5 cm³/mol. The predicted octanol–water partition coefficient (Wildman–Crippen LogP) is 2.93. The van der Waals surface area contributed by atoms with E-state index in [1.807, 2.05) is 6.92 Å². The number of carbonyl (C=O) groups is 1. The second kappa shape index (κ2) is 7.87. The molecule has 0 saturated heterocycles. The Labute approximate surface area is 139 Å². The molecule has 0 unspecified atom stereocenters. The zero-order chi connectivity index (χ0) is 17.5. The first-order valence-corrected chi connectivity index (χ1v) is 7.30. The molecule has 0 atom stereocenters. The van der Waals surface area contributed by atoms with Crippen molar-refractivity contribution in [3.05, 3.63) is 69.3 Å². The van der Waals surface area contributed by atoms with Gasteiger partial charge in [0.15, 0.2) is 0 Å². The van der Waals surface area contributed by atoms with Crippen LogP contribution in [0, 0.1) is 10.1 Å². The fourth-order valence-corrected chi connectivity index (χ4v) is 2.10. The standard InChI is InChI=1S/C17H17N3O4/c1-3-13-5-4-12(10-16(13)20(22)23)11-18-19-17(21)14-6-8-15(24-2)9-7-14/h4-11H,3H2,1-2H3,(H,19,21)/b18-11-. The van der Waals surface area contributed by atoms with Gasteiger partial charge in [-0.25, -0.2) is 5.43 Å². The lowest BCUT2D eigenvalue weighted by atomic mass is 10.1. The number of benzene rings is 2. The third-order valence-corrected chi connectivity index (χ3v) is 3.42. The van der Waals surface area contributed by atoms with Crippen LogP contribution in [-0.2, 0) is 6.42 Å². The normalized spacial score (nSPS) is 10.6. The van der Waals surface area contributed by atoms with Gasteiger partial charge in [0.25, 0.3) is 11.6 Å². The molecule has 2 aromatic rings. The van der Waals surface area contributed by atoms with Crippen molar-refractivity contribution < 1.29 is 14.5 Å². The molecule has 0 saturated carbocycles. The molecule has 0 aliphatic heterocycles. The van der Waals surface area contributed by atoms with Crippen LogP contribution in [0.15, 0.2) is 47.6 Å². The summed E-state index contributed by atoms with van der Waals surface area (Å²) in [4.78, 5) is 22.5. The molecular formula is C17H17N3O4. The molecule has 0 heterocycles. The van der Waals surface area contributed by atoms with Crippen LogP contribution in [0.2, 0.25) is 0 Å². The van der Waals surface area contributed by atoms with E-state index >= 15 is 0 Å². The molecule has 2 aromatic carbocycles. The van der Waals surface area contributed by atoms with Gasteiger partial charge in [0, 0.05) is 22.8 Å². The zero-order valence-electron chi connectivity index (χ0n) is 13.4. The third kappa shape index (κ3) is 4.16. The first kappa shape index (κ1) is 17.1. The number of hydrogen-bond acceptors (Lipinski definition) is 5. The topological polar surface area (TPSA) is 93.8 Å². The average Bonchev–Trinajstić information content (AvgIpc) is 2.61. The van der Waals surface area contributed by atoms with Crippen LogP contribution in [0.3, 0.4) is 0 Å². The van der Waals surface area contributed by atoms with Crippen molar-refractivity contribution in [3.63, 3.8) is 0 Å². The number of hydrazone groups is 1. The fourth-order valence-electron chi connectivity index (χ4n) is 2.10. The van der Waals surface area contributed by atoms with Gasteiger partial charge in [-0.05, 0) is 30.7 Å². The summed E-state index contributed by atoms with van der Waals surface area (Å²) in [6.07, 6.45) is 1.94. The van der Waals surface area contributed by atoms with Gasteiger partial charge in [0.05, 0.1) is 18.2 Å². The lowest BCUT2D eigenvalue weighted by Crippen LogP contribution is -2.17. The maximum atomic E-state index is 11.9. The number of aryl methyl sites for hydroxylation is 1. The van der Waals surface area contributed by atoms with Crippen molar-refractivity contribution in [3.8, 4) is 5.75 Å². The van der Waals surface area contributed by atoms with Crippen LogP contribution in [-0.4, -0.2) is 24.2 Å². The molecule has 0 aliphatic carbocycles. The Kier molecular flexibility index (Phi) is 5.62. The van der Waals surface area contributed by atoms with Crippen molar-refractivity contribution >= 4 is 17.8 Å². The van der Waals surface area contributed by atoms with E-state index in [4.69, 9.17) is 4.74 Å². The van der Waals surface area contributed by atoms with Crippen molar-refractivity contribution in [2.45, 2.75) is 13.3 Å². The number of nitrogens with zero attached hydrogens (tertiary/aromatic N) is 2. The number of amides is 1. The van der Waals surface area contributed by atoms with Crippen LogP contribution in [0.4, 0.5) is 5.69 Å². The summed E-state index contributed by atoms with van der Waals surface area (Å²) in [5.74, 6) is 0.270. The van der Waals surface area contributed by atoms with Crippen molar-refractivity contribution in [1.29, 1.82) is 0 Å². The molecule has 0 fully saturated rings. The number of carbonyl (C=O) groups excluding carboxylic acids is 1. The molecular weight excluding hydrogens is 310 g/mol. The Morgan fingerprint density at radius 1 is 1.29 bits per heavy atom. The number of methoxy groups -OCH3 is 1. The van der Waals surface area contributed by atoms with Gasteiger partial charge >= 0.3 is 0 Å². The van der Waals surface area contributed by atoms with E-state index in [1.165, 1.54) is 12.3 Å². The molecule has 0 radical (unpaired) electrons. The second-order valence-corrected chi connectivity index (χ2v) is 4.93. The Hall–Kier alpha value is -3.22. The smallest absolute Gasteiger partial charge is 0.273 e. The van der Waals surface area contributed by atoms with Crippen LogP contribution < -0.4 is 10.2 Å². The first-order valence-electron chi connectivity index (χ1n) is 7.30. The molecule has 1 amide bonds. The summed E-state index contributed by atoms with van der Waals surface area (Å²) >= 11 is 0. The van der Waals surface area contributed by atoms with Gasteiger partial charge in [-0.3, -0.25) is 14.9 Å². The van der Waals surface area contributed by atoms with Crippen LogP contribution in [0.5, 0.6) is 5.75 Å². The Bertz CT molecular complexity index is 770. The molecule has 1 N–H and O–H groups in total. The molecule has 7 nitrogen and oxygen atoms in total. The first-order chi connectivity index (χ1) is 11.5. The van der Waals surface area contributed by atoms with Gasteiger partial charge in [-0.15, -0.1) is 0 Å².